The lowest BCUT2D eigenvalue weighted by Gasteiger charge is -2.55. The van der Waals surface area contributed by atoms with E-state index in [1.54, 1.807) is 0 Å². The van der Waals surface area contributed by atoms with E-state index in [1.165, 1.54) is 0 Å². The van der Waals surface area contributed by atoms with Crippen LogP contribution in [0.2, 0.25) is 0 Å². The quantitative estimate of drug-likeness (QED) is 0.652. The Hall–Kier alpha value is -1.16. The van der Waals surface area contributed by atoms with Crippen molar-refractivity contribution in [2.24, 2.45) is 5.41 Å². The molecule has 74 valence electrons. The van der Waals surface area contributed by atoms with Crippen LogP contribution in [-0.4, -0.2) is 36.3 Å². The maximum atomic E-state index is 5.23. The Bertz CT molecular complexity index is 354. The molecule has 1 aromatic heterocycles. The summed E-state index contributed by atoms with van der Waals surface area (Å²) in [6.07, 6.45) is 1.82. The number of hydrogen-bond donors (Lipinski definition) is 0. The first-order valence-electron chi connectivity index (χ1n) is 4.90. The first-order valence-corrected chi connectivity index (χ1v) is 4.90. The highest BCUT2D eigenvalue weighted by molar-refractivity contribution is 5.43. The fourth-order valence-corrected chi connectivity index (χ4v) is 2.12. The second-order valence-corrected chi connectivity index (χ2v) is 4.31. The monoisotopic (exact) mass is 191 g/mol. The van der Waals surface area contributed by atoms with Crippen molar-refractivity contribution in [2.75, 3.05) is 31.2 Å². The summed E-state index contributed by atoms with van der Waals surface area (Å²) in [5, 5.41) is 0. The molecule has 0 atom stereocenters. The van der Waals surface area contributed by atoms with Crippen LogP contribution in [0.3, 0.4) is 0 Å². The maximum absolute atomic E-state index is 5.23. The molecule has 1 spiro atoms. The van der Waals surface area contributed by atoms with Crippen molar-refractivity contribution in [1.29, 1.82) is 0 Å². The summed E-state index contributed by atoms with van der Waals surface area (Å²) in [5.41, 5.74) is 0.457. The second-order valence-electron chi connectivity index (χ2n) is 4.31. The molecule has 4 heteroatoms. The van der Waals surface area contributed by atoms with Crippen LogP contribution in [0.1, 0.15) is 5.82 Å². The summed E-state index contributed by atoms with van der Waals surface area (Å²) < 4.78 is 5.23. The molecule has 2 saturated heterocycles. The average Bonchev–Trinajstić information content (AvgIpc) is 1.98. The van der Waals surface area contributed by atoms with Crippen LogP contribution in [0.25, 0.3) is 0 Å². The molecular weight excluding hydrogens is 178 g/mol. The SMILES string of the molecule is Cc1nccc(N2CC3(COC3)C2)n1. The van der Waals surface area contributed by atoms with Crippen molar-refractivity contribution >= 4 is 5.82 Å². The number of anilines is 1. The first kappa shape index (κ1) is 8.17. The van der Waals surface area contributed by atoms with Gasteiger partial charge in [0.25, 0.3) is 0 Å². The molecule has 0 aromatic carbocycles. The molecule has 4 nitrogen and oxygen atoms in total. The lowest BCUT2D eigenvalue weighted by atomic mass is 9.78. The lowest BCUT2D eigenvalue weighted by molar-refractivity contribution is -0.127. The Morgan fingerprint density at radius 3 is 2.79 bits per heavy atom. The Labute approximate surface area is 82.9 Å². The van der Waals surface area contributed by atoms with Gasteiger partial charge in [-0.3, -0.25) is 0 Å². The zero-order chi connectivity index (χ0) is 9.60. The Morgan fingerprint density at radius 2 is 2.21 bits per heavy atom. The average molecular weight is 191 g/mol. The number of nitrogens with zero attached hydrogens (tertiary/aromatic N) is 3. The normalized spacial score (nSPS) is 23.1. The molecule has 0 amide bonds. The molecule has 0 saturated carbocycles. The Balaban J connectivity index is 1.73. The van der Waals surface area contributed by atoms with Crippen molar-refractivity contribution in [1.82, 2.24) is 9.97 Å². The standard InChI is InChI=1S/C10H13N3O/c1-8-11-3-2-9(12-8)13-4-10(5-13)6-14-7-10/h2-3H,4-7H2,1H3. The minimum atomic E-state index is 0.457. The summed E-state index contributed by atoms with van der Waals surface area (Å²) in [7, 11) is 0. The lowest BCUT2D eigenvalue weighted by Crippen LogP contribution is -2.66. The predicted molar refractivity (Wildman–Crippen MR) is 52.2 cm³/mol. The summed E-state index contributed by atoms with van der Waals surface area (Å²) in [6.45, 7) is 5.94. The molecule has 0 N–H and O–H groups in total. The van der Waals surface area contributed by atoms with Gasteiger partial charge in [-0.25, -0.2) is 9.97 Å². The minimum absolute atomic E-state index is 0.457. The Morgan fingerprint density at radius 1 is 1.43 bits per heavy atom. The van der Waals surface area contributed by atoms with E-state index in [-0.39, 0.29) is 0 Å². The zero-order valence-electron chi connectivity index (χ0n) is 8.23. The number of aryl methyl sites for hydroxylation is 1. The van der Waals surface area contributed by atoms with Gasteiger partial charge >= 0.3 is 0 Å². The van der Waals surface area contributed by atoms with E-state index in [0.717, 1.165) is 37.9 Å². The number of hydrogen-bond acceptors (Lipinski definition) is 4. The van der Waals surface area contributed by atoms with Gasteiger partial charge in [0.15, 0.2) is 0 Å². The largest absolute Gasteiger partial charge is 0.380 e. The van der Waals surface area contributed by atoms with Gasteiger partial charge in [0.05, 0.1) is 18.6 Å². The van der Waals surface area contributed by atoms with Gasteiger partial charge in [0.1, 0.15) is 11.6 Å². The summed E-state index contributed by atoms with van der Waals surface area (Å²) in [6, 6.07) is 1.97. The number of ether oxygens (including phenoxy) is 1. The molecule has 2 fully saturated rings. The summed E-state index contributed by atoms with van der Waals surface area (Å²) in [4.78, 5) is 10.8. The van der Waals surface area contributed by atoms with Crippen molar-refractivity contribution in [3.63, 3.8) is 0 Å². The fraction of sp³-hybridized carbons (Fsp3) is 0.600. The highest BCUT2D eigenvalue weighted by Gasteiger charge is 2.49. The van der Waals surface area contributed by atoms with Gasteiger partial charge < -0.3 is 9.64 Å². The molecule has 2 aliphatic rings. The number of rotatable bonds is 1. The van der Waals surface area contributed by atoms with Crippen LogP contribution in [0.15, 0.2) is 12.3 Å². The predicted octanol–water partition coefficient (Wildman–Crippen LogP) is 0.622. The van der Waals surface area contributed by atoms with Gasteiger partial charge in [-0.15, -0.1) is 0 Å². The van der Waals surface area contributed by atoms with Crippen molar-refractivity contribution < 1.29 is 4.74 Å². The van der Waals surface area contributed by atoms with E-state index in [4.69, 9.17) is 4.74 Å². The van der Waals surface area contributed by atoms with Crippen LogP contribution in [0, 0.1) is 12.3 Å². The van der Waals surface area contributed by atoms with E-state index in [0.29, 0.717) is 5.41 Å². The van der Waals surface area contributed by atoms with Crippen LogP contribution in [0.5, 0.6) is 0 Å². The van der Waals surface area contributed by atoms with E-state index < -0.39 is 0 Å². The molecule has 14 heavy (non-hydrogen) atoms. The van der Waals surface area contributed by atoms with E-state index >= 15 is 0 Å². The van der Waals surface area contributed by atoms with E-state index in [1.807, 2.05) is 19.2 Å². The molecule has 2 aliphatic heterocycles. The molecule has 0 radical (unpaired) electrons. The third kappa shape index (κ3) is 1.10. The Kier molecular flexibility index (Phi) is 1.56. The summed E-state index contributed by atoms with van der Waals surface area (Å²) in [5.74, 6) is 1.89. The third-order valence-corrected chi connectivity index (χ3v) is 2.95. The van der Waals surface area contributed by atoms with Gasteiger partial charge in [-0.2, -0.15) is 0 Å². The highest BCUT2D eigenvalue weighted by atomic mass is 16.5. The van der Waals surface area contributed by atoms with Gasteiger partial charge in [0, 0.05) is 19.3 Å². The topological polar surface area (TPSA) is 38.2 Å². The zero-order valence-corrected chi connectivity index (χ0v) is 8.23. The molecule has 0 unspecified atom stereocenters. The number of aromatic nitrogens is 2. The third-order valence-electron chi connectivity index (χ3n) is 2.95. The van der Waals surface area contributed by atoms with Crippen molar-refractivity contribution in [2.45, 2.75) is 6.92 Å². The summed E-state index contributed by atoms with van der Waals surface area (Å²) >= 11 is 0. The van der Waals surface area contributed by atoms with Crippen LogP contribution in [-0.2, 0) is 4.74 Å². The van der Waals surface area contributed by atoms with Gasteiger partial charge in [-0.05, 0) is 13.0 Å². The van der Waals surface area contributed by atoms with Gasteiger partial charge in [0.2, 0.25) is 0 Å². The fourth-order valence-electron chi connectivity index (χ4n) is 2.12. The molecule has 3 heterocycles. The van der Waals surface area contributed by atoms with Crippen LogP contribution in [0.4, 0.5) is 5.82 Å². The van der Waals surface area contributed by atoms with Crippen molar-refractivity contribution in [3.8, 4) is 0 Å². The van der Waals surface area contributed by atoms with E-state index in [9.17, 15) is 0 Å². The van der Waals surface area contributed by atoms with Crippen molar-refractivity contribution in [3.05, 3.63) is 18.1 Å². The van der Waals surface area contributed by atoms with E-state index in [2.05, 4.69) is 14.9 Å². The highest BCUT2D eigenvalue weighted by Crippen LogP contribution is 2.39. The van der Waals surface area contributed by atoms with Gasteiger partial charge in [-0.1, -0.05) is 0 Å². The molecule has 1 aromatic rings. The molecule has 3 rings (SSSR count). The first-order chi connectivity index (χ1) is 6.77. The molecular formula is C10H13N3O. The maximum Gasteiger partial charge on any atom is 0.132 e. The molecule has 0 bridgehead atoms. The smallest absolute Gasteiger partial charge is 0.132 e. The van der Waals surface area contributed by atoms with Crippen LogP contribution < -0.4 is 4.90 Å². The molecule has 0 aliphatic carbocycles. The minimum Gasteiger partial charge on any atom is -0.380 e. The second kappa shape index (κ2) is 2.67. The van der Waals surface area contributed by atoms with Crippen LogP contribution >= 0.6 is 0 Å².